The number of carbonyl (C=O) groups is 1. The average Bonchev–Trinajstić information content (AvgIpc) is 3.27. The zero-order chi connectivity index (χ0) is 25.8. The van der Waals surface area contributed by atoms with Crippen LogP contribution in [0.5, 0.6) is 11.5 Å². The van der Waals surface area contributed by atoms with Gasteiger partial charge in [-0.3, -0.25) is 9.59 Å². The molecule has 2 aromatic carbocycles. The highest BCUT2D eigenvalue weighted by Crippen LogP contribution is 2.34. The zero-order valence-corrected chi connectivity index (χ0v) is 21.6. The molecule has 5 rings (SSSR count). The maximum absolute atomic E-state index is 13.3. The summed E-state index contributed by atoms with van der Waals surface area (Å²) in [6.07, 6.45) is 5.79. The van der Waals surface area contributed by atoms with Crippen LogP contribution in [0.2, 0.25) is 0 Å². The Hall–Kier alpha value is -3.98. The van der Waals surface area contributed by atoms with Crippen molar-refractivity contribution in [3.8, 4) is 11.5 Å². The average molecular weight is 517 g/mol. The van der Waals surface area contributed by atoms with E-state index in [9.17, 15) is 9.59 Å². The van der Waals surface area contributed by atoms with E-state index in [1.165, 1.54) is 9.55 Å². The second-order valence-corrected chi connectivity index (χ2v) is 9.84. The van der Waals surface area contributed by atoms with Crippen molar-refractivity contribution < 1.29 is 14.3 Å². The minimum Gasteiger partial charge on any atom is -0.490 e. The molecule has 0 unspecified atom stereocenters. The standard InChI is InChI=1S/C28H28N4O4S/c1-3-35-23-15-19(13-14-22(23)36-17-25(33)31-20-9-5-4-6-10-20)16-29-32-18(2)30-27-26(28(32)34)21-11-7-8-12-24(21)37-27/h4-6,9-10,13-16H,3,7-8,11-12,17H2,1-2H3,(H,31,33). The molecule has 0 bridgehead atoms. The number of aryl methyl sites for hydroxylation is 3. The largest absolute Gasteiger partial charge is 0.490 e. The Morgan fingerprint density at radius 3 is 2.76 bits per heavy atom. The van der Waals surface area contributed by atoms with Crippen molar-refractivity contribution in [2.24, 2.45) is 5.10 Å². The van der Waals surface area contributed by atoms with Gasteiger partial charge in [0.1, 0.15) is 10.7 Å². The van der Waals surface area contributed by atoms with Crippen LogP contribution in [0, 0.1) is 6.92 Å². The van der Waals surface area contributed by atoms with Crippen LogP contribution >= 0.6 is 11.3 Å². The number of ether oxygens (including phenoxy) is 2. The lowest BCUT2D eigenvalue weighted by Crippen LogP contribution is -2.21. The summed E-state index contributed by atoms with van der Waals surface area (Å²) in [4.78, 5) is 32.4. The number of hydrogen-bond acceptors (Lipinski definition) is 7. The molecule has 4 aromatic rings. The third-order valence-corrected chi connectivity index (χ3v) is 7.32. The molecular weight excluding hydrogens is 488 g/mol. The van der Waals surface area contributed by atoms with Gasteiger partial charge < -0.3 is 14.8 Å². The first-order chi connectivity index (χ1) is 18.0. The number of nitrogens with zero attached hydrogens (tertiary/aromatic N) is 3. The molecule has 0 aliphatic heterocycles. The number of carbonyl (C=O) groups excluding carboxylic acids is 1. The molecule has 0 fully saturated rings. The van der Waals surface area contributed by atoms with Crippen LogP contribution in [0.1, 0.15) is 41.6 Å². The van der Waals surface area contributed by atoms with E-state index in [0.717, 1.165) is 41.6 Å². The molecule has 9 heteroatoms. The number of para-hydroxylation sites is 1. The quantitative estimate of drug-likeness (QED) is 0.335. The molecule has 2 aromatic heterocycles. The Morgan fingerprint density at radius 1 is 1.14 bits per heavy atom. The first-order valence-electron chi connectivity index (χ1n) is 12.4. The molecule has 1 N–H and O–H groups in total. The molecule has 0 radical (unpaired) electrons. The number of amides is 1. The van der Waals surface area contributed by atoms with E-state index < -0.39 is 0 Å². The summed E-state index contributed by atoms with van der Waals surface area (Å²) in [7, 11) is 0. The van der Waals surface area contributed by atoms with E-state index in [0.29, 0.717) is 35.0 Å². The highest BCUT2D eigenvalue weighted by atomic mass is 32.1. The number of fused-ring (bicyclic) bond motifs is 3. The molecule has 0 spiro atoms. The molecule has 0 saturated heterocycles. The molecule has 1 aliphatic carbocycles. The Morgan fingerprint density at radius 2 is 1.95 bits per heavy atom. The number of aromatic nitrogens is 2. The highest BCUT2D eigenvalue weighted by molar-refractivity contribution is 7.18. The van der Waals surface area contributed by atoms with Crippen molar-refractivity contribution >= 4 is 39.4 Å². The second kappa shape index (κ2) is 11.0. The number of nitrogens with one attached hydrogen (secondary N) is 1. The van der Waals surface area contributed by atoms with Crippen molar-refractivity contribution in [3.05, 3.63) is 80.7 Å². The van der Waals surface area contributed by atoms with Crippen molar-refractivity contribution in [2.75, 3.05) is 18.5 Å². The van der Waals surface area contributed by atoms with Gasteiger partial charge in [0, 0.05) is 10.6 Å². The fourth-order valence-electron chi connectivity index (χ4n) is 4.41. The van der Waals surface area contributed by atoms with Gasteiger partial charge in [-0.1, -0.05) is 18.2 Å². The van der Waals surface area contributed by atoms with Crippen LogP contribution in [0.4, 0.5) is 5.69 Å². The highest BCUT2D eigenvalue weighted by Gasteiger charge is 2.21. The third-order valence-electron chi connectivity index (χ3n) is 6.14. The first-order valence-corrected chi connectivity index (χ1v) is 13.2. The molecular formula is C28H28N4O4S. The van der Waals surface area contributed by atoms with Gasteiger partial charge in [0.05, 0.1) is 18.2 Å². The molecule has 2 heterocycles. The van der Waals surface area contributed by atoms with Crippen molar-refractivity contribution in [2.45, 2.75) is 39.5 Å². The maximum atomic E-state index is 13.3. The minimum absolute atomic E-state index is 0.132. The van der Waals surface area contributed by atoms with Crippen LogP contribution in [-0.4, -0.2) is 35.0 Å². The van der Waals surface area contributed by atoms with E-state index in [1.54, 1.807) is 42.7 Å². The summed E-state index contributed by atoms with van der Waals surface area (Å²) in [5.41, 5.74) is 2.44. The van der Waals surface area contributed by atoms with E-state index in [-0.39, 0.29) is 18.1 Å². The van der Waals surface area contributed by atoms with Crippen molar-refractivity contribution in [1.29, 1.82) is 0 Å². The van der Waals surface area contributed by atoms with Gasteiger partial charge in [-0.25, -0.2) is 4.98 Å². The Labute approximate surface area is 218 Å². The number of thiophene rings is 1. The van der Waals surface area contributed by atoms with Gasteiger partial charge in [-0.2, -0.15) is 9.78 Å². The summed E-state index contributed by atoms with van der Waals surface area (Å²) >= 11 is 1.63. The summed E-state index contributed by atoms with van der Waals surface area (Å²) in [5.74, 6) is 1.21. The lowest BCUT2D eigenvalue weighted by atomic mass is 9.97. The predicted molar refractivity (Wildman–Crippen MR) is 146 cm³/mol. The Balaban J connectivity index is 1.35. The van der Waals surface area contributed by atoms with E-state index in [2.05, 4.69) is 15.4 Å². The smallest absolute Gasteiger partial charge is 0.283 e. The number of hydrogen-bond donors (Lipinski definition) is 1. The monoisotopic (exact) mass is 516 g/mol. The molecule has 0 saturated carbocycles. The molecule has 1 aliphatic rings. The minimum atomic E-state index is -0.271. The van der Waals surface area contributed by atoms with Gasteiger partial charge in [0.15, 0.2) is 18.1 Å². The van der Waals surface area contributed by atoms with Crippen molar-refractivity contribution in [1.82, 2.24) is 9.66 Å². The van der Waals surface area contributed by atoms with E-state index in [4.69, 9.17) is 9.47 Å². The van der Waals surface area contributed by atoms with Crippen LogP contribution in [-0.2, 0) is 17.6 Å². The molecule has 0 atom stereocenters. The normalized spacial score (nSPS) is 13.0. The Kier molecular flexibility index (Phi) is 7.32. The van der Waals surface area contributed by atoms with Crippen LogP contribution in [0.15, 0.2) is 58.4 Å². The van der Waals surface area contributed by atoms with Crippen molar-refractivity contribution in [3.63, 3.8) is 0 Å². The SMILES string of the molecule is CCOc1cc(C=Nn2c(C)nc3sc4c(c3c2=O)CCCC4)ccc1OCC(=O)Nc1ccccc1. The lowest BCUT2D eigenvalue weighted by Gasteiger charge is -2.13. The lowest BCUT2D eigenvalue weighted by molar-refractivity contribution is -0.118. The molecule has 37 heavy (non-hydrogen) atoms. The third kappa shape index (κ3) is 5.41. The van der Waals surface area contributed by atoms with E-state index in [1.807, 2.05) is 37.3 Å². The van der Waals surface area contributed by atoms with Gasteiger partial charge >= 0.3 is 0 Å². The van der Waals surface area contributed by atoms with Crippen LogP contribution < -0.4 is 20.3 Å². The van der Waals surface area contributed by atoms with Gasteiger partial charge in [0.2, 0.25) is 0 Å². The first kappa shape index (κ1) is 24.7. The van der Waals surface area contributed by atoms with Gasteiger partial charge in [-0.05, 0) is 81.0 Å². The summed E-state index contributed by atoms with van der Waals surface area (Å²) in [6, 6.07) is 14.5. The summed E-state index contributed by atoms with van der Waals surface area (Å²) in [6.45, 7) is 3.93. The topological polar surface area (TPSA) is 94.8 Å². The van der Waals surface area contributed by atoms with E-state index >= 15 is 0 Å². The maximum Gasteiger partial charge on any atom is 0.283 e. The van der Waals surface area contributed by atoms with Crippen LogP contribution in [0.25, 0.3) is 10.2 Å². The molecule has 8 nitrogen and oxygen atoms in total. The molecule has 190 valence electrons. The number of anilines is 1. The van der Waals surface area contributed by atoms with Crippen LogP contribution in [0.3, 0.4) is 0 Å². The fourth-order valence-corrected chi connectivity index (χ4v) is 5.71. The Bertz CT molecular complexity index is 1520. The zero-order valence-electron chi connectivity index (χ0n) is 20.8. The second-order valence-electron chi connectivity index (χ2n) is 8.75. The summed E-state index contributed by atoms with van der Waals surface area (Å²) in [5, 5.41) is 7.96. The number of benzene rings is 2. The molecule has 1 amide bonds. The number of rotatable bonds is 8. The predicted octanol–water partition coefficient (Wildman–Crippen LogP) is 4.94. The fraction of sp³-hybridized carbons (Fsp3) is 0.286. The van der Waals surface area contributed by atoms with Gasteiger partial charge in [0.25, 0.3) is 11.5 Å². The summed E-state index contributed by atoms with van der Waals surface area (Å²) < 4.78 is 12.8. The van der Waals surface area contributed by atoms with Gasteiger partial charge in [-0.15, -0.1) is 11.3 Å².